The molecule has 2 atom stereocenters. The topological polar surface area (TPSA) is 135 Å². The van der Waals surface area contributed by atoms with Crippen LogP contribution in [0.1, 0.15) is 42.9 Å². The minimum atomic E-state index is -5.32. The second kappa shape index (κ2) is 16.3. The van der Waals surface area contributed by atoms with Gasteiger partial charge in [0.1, 0.15) is 16.4 Å². The van der Waals surface area contributed by atoms with Crippen LogP contribution in [0.2, 0.25) is 5.02 Å². The van der Waals surface area contributed by atoms with Gasteiger partial charge in [-0.05, 0) is 74.8 Å². The molecule has 0 bridgehead atoms. The summed E-state index contributed by atoms with van der Waals surface area (Å²) in [4.78, 5) is 45.7. The van der Waals surface area contributed by atoms with E-state index >= 15 is 4.79 Å². The van der Waals surface area contributed by atoms with Crippen LogP contribution in [0, 0.1) is 0 Å². The molecular weight excluding hydrogens is 769 g/mol. The van der Waals surface area contributed by atoms with Crippen molar-refractivity contribution in [3.63, 3.8) is 0 Å². The van der Waals surface area contributed by atoms with E-state index in [0.29, 0.717) is 29.1 Å². The standard InChI is InChI=1S/C37H42ClF3N4O9S/c1-7-53-33(46)22-43(4)21-23-11-15-30(52-6)27(18-23)36(44-17-9-8-10-29(44)34(47)42(2)3)26-19-24(38)12-14-28(26)45(35(36)48)55(49,50)32-16-13-25(51-5)20-31(32)54-37(39,40)41/h11-16,18-20,29H,7-10,17,21-22H2,1-6H3/t29-,36?/m0/s1. The molecule has 3 aromatic rings. The van der Waals surface area contributed by atoms with Crippen molar-refractivity contribution in [3.05, 3.63) is 76.3 Å². The number of alkyl halides is 3. The second-order valence-electron chi connectivity index (χ2n) is 13.3. The van der Waals surface area contributed by atoms with Gasteiger partial charge in [-0.25, -0.2) is 12.7 Å². The van der Waals surface area contributed by atoms with E-state index in [1.165, 1.54) is 37.3 Å². The fourth-order valence-corrected chi connectivity index (χ4v) is 8.96. The first-order chi connectivity index (χ1) is 25.9. The van der Waals surface area contributed by atoms with Crippen LogP contribution < -0.4 is 18.5 Å². The van der Waals surface area contributed by atoms with Crippen LogP contribution in [0.25, 0.3) is 0 Å². The van der Waals surface area contributed by atoms with Gasteiger partial charge in [-0.3, -0.25) is 24.2 Å². The summed E-state index contributed by atoms with van der Waals surface area (Å²) in [5.41, 5.74) is -1.60. The van der Waals surface area contributed by atoms with Gasteiger partial charge in [-0.15, -0.1) is 13.2 Å². The zero-order valence-corrected chi connectivity index (χ0v) is 32.7. The molecule has 2 heterocycles. The third-order valence-corrected chi connectivity index (χ3v) is 11.4. The highest BCUT2D eigenvalue weighted by Gasteiger charge is 2.63. The highest BCUT2D eigenvalue weighted by atomic mass is 35.5. The Kier molecular flexibility index (Phi) is 12.3. The summed E-state index contributed by atoms with van der Waals surface area (Å²) in [5.74, 6) is -3.07. The maximum Gasteiger partial charge on any atom is 0.573 e. The average molecular weight is 811 g/mol. The van der Waals surface area contributed by atoms with E-state index in [0.717, 1.165) is 18.2 Å². The van der Waals surface area contributed by atoms with Gasteiger partial charge in [-0.2, -0.15) is 0 Å². The van der Waals surface area contributed by atoms with E-state index < -0.39 is 50.5 Å². The molecule has 1 unspecified atom stereocenters. The first kappa shape index (κ1) is 41.6. The molecular formula is C37H42ClF3N4O9S. The van der Waals surface area contributed by atoms with Crippen molar-refractivity contribution in [3.8, 4) is 17.2 Å². The predicted molar refractivity (Wildman–Crippen MR) is 196 cm³/mol. The third kappa shape index (κ3) is 8.06. The molecule has 0 aromatic heterocycles. The SMILES string of the molecule is CCOC(=O)CN(C)Cc1ccc(OC)c(C2(N3CCCC[C@H]3C(=O)N(C)C)C(=O)N(S(=O)(=O)c3ccc(OC)cc3OC(F)(F)F)c3ccc(Cl)cc32)c1. The van der Waals surface area contributed by atoms with E-state index in [1.54, 1.807) is 56.1 Å². The molecule has 0 spiro atoms. The number of piperidine rings is 1. The monoisotopic (exact) mass is 810 g/mol. The number of fused-ring (bicyclic) bond motifs is 1. The Bertz CT molecular complexity index is 2070. The van der Waals surface area contributed by atoms with Gasteiger partial charge >= 0.3 is 12.3 Å². The number of carbonyl (C=O) groups is 3. The maximum atomic E-state index is 15.7. The number of likely N-dealkylation sites (tertiary alicyclic amines) is 1. The Labute approximate surface area is 322 Å². The summed E-state index contributed by atoms with van der Waals surface area (Å²) in [6, 6.07) is 10.8. The largest absolute Gasteiger partial charge is 0.573 e. The lowest BCUT2D eigenvalue weighted by atomic mass is 9.78. The Hall–Kier alpha value is -4.58. The number of ether oxygens (including phenoxy) is 4. The molecule has 2 aliphatic rings. The van der Waals surface area contributed by atoms with Gasteiger partial charge in [0, 0.05) is 49.4 Å². The molecule has 3 aromatic carbocycles. The van der Waals surface area contributed by atoms with Gasteiger partial charge in [0.25, 0.3) is 15.9 Å². The molecule has 1 saturated heterocycles. The molecule has 1 fully saturated rings. The van der Waals surface area contributed by atoms with Gasteiger partial charge in [0.15, 0.2) is 11.3 Å². The second-order valence-corrected chi connectivity index (χ2v) is 15.4. The summed E-state index contributed by atoms with van der Waals surface area (Å²) in [6.45, 7) is 2.09. The number of hydrogen-bond donors (Lipinski definition) is 0. The average Bonchev–Trinajstić information content (AvgIpc) is 3.38. The smallest absolute Gasteiger partial charge is 0.497 e. The molecule has 5 rings (SSSR count). The minimum Gasteiger partial charge on any atom is -0.497 e. The van der Waals surface area contributed by atoms with Gasteiger partial charge < -0.3 is 23.8 Å². The van der Waals surface area contributed by atoms with Crippen molar-refractivity contribution in [2.75, 3.05) is 59.4 Å². The zero-order valence-electron chi connectivity index (χ0n) is 31.1. The molecule has 55 heavy (non-hydrogen) atoms. The number of carbonyl (C=O) groups excluding carboxylic acids is 3. The number of likely N-dealkylation sites (N-methyl/N-ethyl adjacent to an activating group) is 2. The molecule has 18 heteroatoms. The van der Waals surface area contributed by atoms with Crippen LogP contribution in [0.4, 0.5) is 18.9 Å². The summed E-state index contributed by atoms with van der Waals surface area (Å²) in [5, 5.41) is 0.109. The van der Waals surface area contributed by atoms with E-state index in [2.05, 4.69) is 4.74 Å². The highest BCUT2D eigenvalue weighted by molar-refractivity contribution is 7.93. The normalized spacial score (nSPS) is 18.9. The summed E-state index contributed by atoms with van der Waals surface area (Å²) in [7, 11) is 2.11. The van der Waals surface area contributed by atoms with Crippen molar-refractivity contribution < 1.29 is 54.9 Å². The fraction of sp³-hybridized carbons (Fsp3) is 0.432. The fourth-order valence-electron chi connectivity index (χ4n) is 7.23. The van der Waals surface area contributed by atoms with Crippen molar-refractivity contribution in [1.29, 1.82) is 0 Å². The third-order valence-electron chi connectivity index (χ3n) is 9.43. The maximum absolute atomic E-state index is 15.7. The number of methoxy groups -OCH3 is 2. The number of amides is 2. The Morgan fingerprint density at radius 2 is 1.69 bits per heavy atom. The number of hydrogen-bond acceptors (Lipinski definition) is 11. The van der Waals surface area contributed by atoms with E-state index in [1.807, 2.05) is 0 Å². The highest BCUT2D eigenvalue weighted by Crippen LogP contribution is 2.55. The van der Waals surface area contributed by atoms with Crippen LogP contribution in [-0.2, 0) is 41.2 Å². The number of nitrogens with zero attached hydrogens (tertiary/aromatic N) is 4. The minimum absolute atomic E-state index is 0.0501. The Balaban J connectivity index is 1.83. The lowest BCUT2D eigenvalue weighted by Gasteiger charge is -2.47. The van der Waals surface area contributed by atoms with Crippen LogP contribution in [0.5, 0.6) is 17.2 Å². The zero-order chi connectivity index (χ0) is 40.5. The van der Waals surface area contributed by atoms with E-state index in [9.17, 15) is 31.2 Å². The molecule has 298 valence electrons. The lowest BCUT2D eigenvalue weighted by Crippen LogP contribution is -2.62. The first-order valence-electron chi connectivity index (χ1n) is 17.2. The molecule has 13 nitrogen and oxygen atoms in total. The molecule has 0 radical (unpaired) electrons. The van der Waals surface area contributed by atoms with Crippen LogP contribution in [0.3, 0.4) is 0 Å². The molecule has 0 saturated carbocycles. The number of sulfonamides is 1. The number of anilines is 1. The number of rotatable bonds is 13. The number of halogens is 4. The van der Waals surface area contributed by atoms with Gasteiger partial charge in [0.05, 0.1) is 39.1 Å². The molecule has 2 amide bonds. The quantitative estimate of drug-likeness (QED) is 0.212. The van der Waals surface area contributed by atoms with Gasteiger partial charge in [0.2, 0.25) is 5.91 Å². The summed E-state index contributed by atoms with van der Waals surface area (Å²) >= 11 is 6.62. The summed E-state index contributed by atoms with van der Waals surface area (Å²) in [6.07, 6.45) is -3.92. The van der Waals surface area contributed by atoms with Crippen molar-refractivity contribution in [2.45, 2.75) is 55.6 Å². The van der Waals surface area contributed by atoms with Crippen molar-refractivity contribution in [1.82, 2.24) is 14.7 Å². The number of benzene rings is 3. The van der Waals surface area contributed by atoms with Crippen LogP contribution >= 0.6 is 11.6 Å². The Morgan fingerprint density at radius 3 is 2.33 bits per heavy atom. The van der Waals surface area contributed by atoms with Gasteiger partial charge in [-0.1, -0.05) is 24.1 Å². The lowest BCUT2D eigenvalue weighted by molar-refractivity contribution is -0.275. The van der Waals surface area contributed by atoms with E-state index in [-0.39, 0.29) is 65.5 Å². The van der Waals surface area contributed by atoms with Crippen molar-refractivity contribution >= 4 is 45.1 Å². The molecule has 0 N–H and O–H groups in total. The Morgan fingerprint density at radius 1 is 0.964 bits per heavy atom. The first-order valence-corrected chi connectivity index (χ1v) is 19.1. The molecule has 0 aliphatic carbocycles. The predicted octanol–water partition coefficient (Wildman–Crippen LogP) is 5.17. The van der Waals surface area contributed by atoms with E-state index in [4.69, 9.17) is 25.8 Å². The van der Waals surface area contributed by atoms with Crippen LogP contribution in [0.15, 0.2) is 59.5 Å². The number of esters is 1. The van der Waals surface area contributed by atoms with Crippen LogP contribution in [-0.4, -0.2) is 108 Å². The van der Waals surface area contributed by atoms with Crippen molar-refractivity contribution in [2.24, 2.45) is 0 Å². The summed E-state index contributed by atoms with van der Waals surface area (Å²) < 4.78 is 91.5. The molecule has 2 aliphatic heterocycles.